The predicted molar refractivity (Wildman–Crippen MR) is 84.2 cm³/mol. The molecule has 2 aromatic rings. The fraction of sp³-hybridized carbons (Fsp3) is 0.250. The van der Waals surface area contributed by atoms with Gasteiger partial charge >= 0.3 is 0 Å². The van der Waals surface area contributed by atoms with Crippen LogP contribution in [0.2, 0.25) is 0 Å². The third-order valence-electron chi connectivity index (χ3n) is 2.91. The maximum Gasteiger partial charge on any atom is 0.261 e. The third kappa shape index (κ3) is 4.23. The highest BCUT2D eigenvalue weighted by atomic mass is 32.2. The number of hydrogen-bond donors (Lipinski definition) is 1. The Kier molecular flexibility index (Phi) is 4.85. The third-order valence-corrected chi connectivity index (χ3v) is 4.31. The Labute approximate surface area is 125 Å². The molecule has 21 heavy (non-hydrogen) atoms. The number of aryl methyl sites for hydroxylation is 1. The summed E-state index contributed by atoms with van der Waals surface area (Å²) >= 11 is 0. The van der Waals surface area contributed by atoms with Crippen molar-refractivity contribution >= 4 is 15.7 Å². The number of sulfonamides is 1. The van der Waals surface area contributed by atoms with Crippen molar-refractivity contribution in [2.24, 2.45) is 0 Å². The van der Waals surface area contributed by atoms with Gasteiger partial charge in [-0.3, -0.25) is 4.72 Å². The van der Waals surface area contributed by atoms with Crippen molar-refractivity contribution in [3.05, 3.63) is 54.1 Å². The van der Waals surface area contributed by atoms with E-state index in [1.165, 1.54) is 0 Å². The van der Waals surface area contributed by atoms with Gasteiger partial charge in [-0.15, -0.1) is 0 Å². The summed E-state index contributed by atoms with van der Waals surface area (Å²) in [7, 11) is -3.57. The standard InChI is InChI=1S/C16H19NO3S/c1-3-12-20-15-8-10-16(11-9-15)21(18,19)17-14-6-4-13(2)5-7-14/h4-11,17H,3,12H2,1-2H3. The molecule has 0 heterocycles. The van der Waals surface area contributed by atoms with Crippen LogP contribution in [0.1, 0.15) is 18.9 Å². The number of benzene rings is 2. The average Bonchev–Trinajstić information content (AvgIpc) is 2.48. The monoisotopic (exact) mass is 305 g/mol. The van der Waals surface area contributed by atoms with E-state index in [2.05, 4.69) is 4.72 Å². The molecule has 0 aliphatic carbocycles. The van der Waals surface area contributed by atoms with Crippen LogP contribution < -0.4 is 9.46 Å². The van der Waals surface area contributed by atoms with Gasteiger partial charge in [-0.25, -0.2) is 8.42 Å². The van der Waals surface area contributed by atoms with Gasteiger partial charge in [0.15, 0.2) is 0 Å². The Morgan fingerprint density at radius 3 is 2.19 bits per heavy atom. The summed E-state index contributed by atoms with van der Waals surface area (Å²) in [6.07, 6.45) is 0.912. The van der Waals surface area contributed by atoms with Crippen LogP contribution in [0, 0.1) is 6.92 Å². The smallest absolute Gasteiger partial charge is 0.261 e. The van der Waals surface area contributed by atoms with Crippen LogP contribution in [0.15, 0.2) is 53.4 Å². The summed E-state index contributed by atoms with van der Waals surface area (Å²) in [6, 6.07) is 13.6. The van der Waals surface area contributed by atoms with Gasteiger partial charge in [-0.1, -0.05) is 24.6 Å². The Bertz CT molecular complexity index is 676. The first-order valence-electron chi connectivity index (χ1n) is 6.83. The number of nitrogens with one attached hydrogen (secondary N) is 1. The Hall–Kier alpha value is -2.01. The Morgan fingerprint density at radius 2 is 1.62 bits per heavy atom. The van der Waals surface area contributed by atoms with Gasteiger partial charge in [-0.05, 0) is 49.7 Å². The first-order valence-corrected chi connectivity index (χ1v) is 8.32. The molecule has 0 aromatic heterocycles. The lowest BCUT2D eigenvalue weighted by Crippen LogP contribution is -2.12. The van der Waals surface area contributed by atoms with Crippen molar-refractivity contribution in [1.82, 2.24) is 0 Å². The van der Waals surface area contributed by atoms with E-state index >= 15 is 0 Å². The van der Waals surface area contributed by atoms with Crippen molar-refractivity contribution in [1.29, 1.82) is 0 Å². The van der Waals surface area contributed by atoms with E-state index in [1.54, 1.807) is 36.4 Å². The van der Waals surface area contributed by atoms with E-state index in [0.29, 0.717) is 18.0 Å². The Balaban J connectivity index is 2.13. The molecule has 0 spiro atoms. The molecule has 0 fully saturated rings. The minimum atomic E-state index is -3.57. The zero-order valence-electron chi connectivity index (χ0n) is 12.2. The molecule has 0 aliphatic rings. The molecule has 0 saturated carbocycles. The summed E-state index contributed by atoms with van der Waals surface area (Å²) in [5.74, 6) is 0.672. The first kappa shape index (κ1) is 15.4. The molecule has 5 heteroatoms. The second-order valence-corrected chi connectivity index (χ2v) is 6.47. The topological polar surface area (TPSA) is 55.4 Å². The molecular weight excluding hydrogens is 286 g/mol. The van der Waals surface area contributed by atoms with Crippen LogP contribution in [0.4, 0.5) is 5.69 Å². The van der Waals surface area contributed by atoms with Gasteiger partial charge in [0.05, 0.1) is 11.5 Å². The zero-order valence-corrected chi connectivity index (χ0v) is 13.0. The summed E-state index contributed by atoms with van der Waals surface area (Å²) in [4.78, 5) is 0.215. The second-order valence-electron chi connectivity index (χ2n) is 4.79. The molecular formula is C16H19NO3S. The van der Waals surface area contributed by atoms with Gasteiger partial charge in [0.25, 0.3) is 10.0 Å². The highest BCUT2D eigenvalue weighted by molar-refractivity contribution is 7.92. The van der Waals surface area contributed by atoms with Crippen LogP contribution in [0.25, 0.3) is 0 Å². The van der Waals surface area contributed by atoms with E-state index < -0.39 is 10.0 Å². The average molecular weight is 305 g/mol. The Morgan fingerprint density at radius 1 is 1.00 bits per heavy atom. The van der Waals surface area contributed by atoms with Gasteiger partial charge in [0, 0.05) is 5.69 Å². The van der Waals surface area contributed by atoms with Gasteiger partial charge < -0.3 is 4.74 Å². The second kappa shape index (κ2) is 6.63. The van der Waals surface area contributed by atoms with Gasteiger partial charge in [-0.2, -0.15) is 0 Å². The van der Waals surface area contributed by atoms with Crippen LogP contribution >= 0.6 is 0 Å². The lowest BCUT2D eigenvalue weighted by Gasteiger charge is -2.09. The van der Waals surface area contributed by atoms with E-state index in [4.69, 9.17) is 4.74 Å². The minimum Gasteiger partial charge on any atom is -0.494 e. The number of hydrogen-bond acceptors (Lipinski definition) is 3. The maximum absolute atomic E-state index is 12.3. The summed E-state index contributed by atoms with van der Waals surface area (Å²) < 4.78 is 32.5. The molecule has 0 atom stereocenters. The number of anilines is 1. The molecule has 0 aliphatic heterocycles. The van der Waals surface area contributed by atoms with E-state index in [-0.39, 0.29) is 4.90 Å². The fourth-order valence-electron chi connectivity index (χ4n) is 1.77. The van der Waals surface area contributed by atoms with Crippen molar-refractivity contribution in [3.63, 3.8) is 0 Å². The van der Waals surface area contributed by atoms with Gasteiger partial charge in [0.1, 0.15) is 5.75 Å². The molecule has 4 nitrogen and oxygen atoms in total. The van der Waals surface area contributed by atoms with Gasteiger partial charge in [0.2, 0.25) is 0 Å². The SMILES string of the molecule is CCCOc1ccc(S(=O)(=O)Nc2ccc(C)cc2)cc1. The van der Waals surface area contributed by atoms with Crippen molar-refractivity contribution in [2.45, 2.75) is 25.2 Å². The molecule has 0 bridgehead atoms. The fourth-order valence-corrected chi connectivity index (χ4v) is 2.83. The molecule has 112 valence electrons. The zero-order chi connectivity index (χ0) is 15.3. The predicted octanol–water partition coefficient (Wildman–Crippen LogP) is 3.58. The molecule has 2 aromatic carbocycles. The number of rotatable bonds is 6. The molecule has 0 radical (unpaired) electrons. The first-order chi connectivity index (χ1) is 10.0. The normalized spacial score (nSPS) is 11.1. The quantitative estimate of drug-likeness (QED) is 0.887. The highest BCUT2D eigenvalue weighted by Gasteiger charge is 2.14. The lowest BCUT2D eigenvalue weighted by molar-refractivity contribution is 0.317. The van der Waals surface area contributed by atoms with Crippen LogP contribution in [-0.4, -0.2) is 15.0 Å². The van der Waals surface area contributed by atoms with Crippen molar-refractivity contribution < 1.29 is 13.2 Å². The van der Waals surface area contributed by atoms with Crippen LogP contribution in [-0.2, 0) is 10.0 Å². The summed E-state index contributed by atoms with van der Waals surface area (Å²) in [6.45, 7) is 4.59. The van der Waals surface area contributed by atoms with E-state index in [1.807, 2.05) is 26.0 Å². The lowest BCUT2D eigenvalue weighted by atomic mass is 10.2. The van der Waals surface area contributed by atoms with Crippen LogP contribution in [0.5, 0.6) is 5.75 Å². The molecule has 2 rings (SSSR count). The van der Waals surface area contributed by atoms with Crippen molar-refractivity contribution in [2.75, 3.05) is 11.3 Å². The molecule has 0 amide bonds. The molecule has 1 N–H and O–H groups in total. The summed E-state index contributed by atoms with van der Waals surface area (Å²) in [5, 5.41) is 0. The number of ether oxygens (including phenoxy) is 1. The van der Waals surface area contributed by atoms with E-state index in [9.17, 15) is 8.42 Å². The largest absolute Gasteiger partial charge is 0.494 e. The minimum absolute atomic E-state index is 0.215. The summed E-state index contributed by atoms with van der Waals surface area (Å²) in [5.41, 5.74) is 1.63. The maximum atomic E-state index is 12.3. The molecule has 0 unspecified atom stereocenters. The van der Waals surface area contributed by atoms with Crippen LogP contribution in [0.3, 0.4) is 0 Å². The highest BCUT2D eigenvalue weighted by Crippen LogP contribution is 2.19. The van der Waals surface area contributed by atoms with E-state index in [0.717, 1.165) is 12.0 Å². The molecule has 0 saturated heterocycles. The van der Waals surface area contributed by atoms with Crippen molar-refractivity contribution in [3.8, 4) is 5.75 Å².